The van der Waals surface area contributed by atoms with Gasteiger partial charge in [-0.05, 0) is 58.0 Å². The summed E-state index contributed by atoms with van der Waals surface area (Å²) in [5.41, 5.74) is 1.21. The van der Waals surface area contributed by atoms with Crippen molar-refractivity contribution in [2.45, 2.75) is 65.1 Å². The van der Waals surface area contributed by atoms with Crippen LogP contribution < -0.4 is 10.6 Å². The van der Waals surface area contributed by atoms with Gasteiger partial charge in [0.25, 0.3) is 5.91 Å². The van der Waals surface area contributed by atoms with Crippen molar-refractivity contribution in [2.24, 2.45) is 0 Å². The van der Waals surface area contributed by atoms with Gasteiger partial charge in [-0.2, -0.15) is 13.2 Å². The molecular weight excluding hydrogens is 391 g/mol. The first kappa shape index (κ1) is 24.0. The largest absolute Gasteiger partial charge is 0.415 e. The summed E-state index contributed by atoms with van der Waals surface area (Å²) < 4.78 is 40.9. The van der Waals surface area contributed by atoms with Crippen LogP contribution in [0.5, 0.6) is 0 Å². The van der Waals surface area contributed by atoms with Crippen LogP contribution in [0.3, 0.4) is 0 Å². The second-order valence-corrected chi connectivity index (χ2v) is 8.71. The Hall–Kier alpha value is -2.28. The molecule has 1 fully saturated rings. The lowest BCUT2D eigenvalue weighted by molar-refractivity contribution is -0.0879. The van der Waals surface area contributed by atoms with E-state index in [0.717, 1.165) is 43.4 Å². The number of hydrogen-bond acceptors (Lipinski definition) is 2. The Balaban J connectivity index is 2.42. The number of nitrogens with zero attached hydrogens (tertiary/aromatic N) is 1. The topological polar surface area (TPSA) is 46.1 Å². The zero-order valence-electron chi connectivity index (χ0n) is 18.4. The monoisotopic (exact) mass is 423 g/mol. The third-order valence-corrected chi connectivity index (χ3v) is 5.28. The van der Waals surface area contributed by atoms with Gasteiger partial charge in [0, 0.05) is 28.5 Å². The van der Waals surface area contributed by atoms with Gasteiger partial charge in [0.05, 0.1) is 11.1 Å². The maximum atomic E-state index is 13.0. The Labute approximate surface area is 176 Å². The molecule has 1 saturated heterocycles. The highest BCUT2D eigenvalue weighted by Crippen LogP contribution is 2.33. The molecule has 0 unspecified atom stereocenters. The molecule has 1 aromatic rings. The standard InChI is InChI=1S/C23H32F3N3O/c1-7-8-17(13-15(2)23(24,25)26)28-21(30)19-14-20(22(4,5)6)29(16(19)3)18-9-11-27-12-10-18/h7-8,13-14,18,27H,2,9-12H2,1,3-6H3,(H,28,30)/b8-7-,17-13+. The molecule has 0 aliphatic carbocycles. The van der Waals surface area contributed by atoms with Crippen molar-refractivity contribution in [3.05, 3.63) is 59.1 Å². The van der Waals surface area contributed by atoms with Crippen LogP contribution in [0.4, 0.5) is 13.2 Å². The molecule has 30 heavy (non-hydrogen) atoms. The quantitative estimate of drug-likeness (QED) is 0.629. The van der Waals surface area contributed by atoms with Crippen molar-refractivity contribution >= 4 is 5.91 Å². The lowest BCUT2D eigenvalue weighted by Crippen LogP contribution is -2.32. The van der Waals surface area contributed by atoms with E-state index in [-0.39, 0.29) is 17.2 Å². The molecule has 1 aliphatic rings. The third kappa shape index (κ3) is 5.65. The number of alkyl halides is 3. The molecule has 1 aromatic heterocycles. The number of nitrogens with one attached hydrogen (secondary N) is 2. The van der Waals surface area contributed by atoms with Gasteiger partial charge in [0.2, 0.25) is 0 Å². The minimum Gasteiger partial charge on any atom is -0.344 e. The fourth-order valence-electron chi connectivity index (χ4n) is 3.74. The van der Waals surface area contributed by atoms with Crippen LogP contribution in [0, 0.1) is 6.92 Å². The summed E-state index contributed by atoms with van der Waals surface area (Å²) in [5.74, 6) is -0.426. The van der Waals surface area contributed by atoms with Crippen molar-refractivity contribution in [3.63, 3.8) is 0 Å². The normalized spacial score (nSPS) is 16.9. The minimum absolute atomic E-state index is 0.0520. The van der Waals surface area contributed by atoms with Gasteiger partial charge in [-0.25, -0.2) is 0 Å². The zero-order chi connectivity index (χ0) is 22.7. The maximum absolute atomic E-state index is 13.0. The predicted molar refractivity (Wildman–Crippen MR) is 115 cm³/mol. The average Bonchev–Trinajstić information content (AvgIpc) is 2.99. The van der Waals surface area contributed by atoms with Crippen LogP contribution in [0.2, 0.25) is 0 Å². The predicted octanol–water partition coefficient (Wildman–Crippen LogP) is 5.33. The molecule has 0 atom stereocenters. The van der Waals surface area contributed by atoms with Gasteiger partial charge in [-0.3, -0.25) is 4.79 Å². The van der Waals surface area contributed by atoms with Crippen LogP contribution >= 0.6 is 0 Å². The molecule has 2 N–H and O–H groups in total. The number of aromatic nitrogens is 1. The molecule has 4 nitrogen and oxygen atoms in total. The molecule has 1 aliphatic heterocycles. The molecule has 1 amide bonds. The van der Waals surface area contributed by atoms with E-state index in [0.29, 0.717) is 5.56 Å². The summed E-state index contributed by atoms with van der Waals surface area (Å²) >= 11 is 0. The van der Waals surface area contributed by atoms with Crippen molar-refractivity contribution < 1.29 is 18.0 Å². The van der Waals surface area contributed by atoms with Gasteiger partial charge in [-0.1, -0.05) is 33.4 Å². The van der Waals surface area contributed by atoms with Crippen LogP contribution in [0.15, 0.2) is 42.1 Å². The molecule has 0 bridgehead atoms. The SMILES string of the molecule is C=C(/C=C(\C=C/C)NC(=O)c1cc(C(C)(C)C)n(C2CCNCC2)c1C)C(F)(F)F. The number of allylic oxidation sites excluding steroid dienone is 4. The zero-order valence-corrected chi connectivity index (χ0v) is 18.4. The van der Waals surface area contributed by atoms with E-state index < -0.39 is 17.7 Å². The van der Waals surface area contributed by atoms with Gasteiger partial charge in [-0.15, -0.1) is 0 Å². The Morgan fingerprint density at radius 2 is 1.87 bits per heavy atom. The number of carbonyl (C=O) groups excluding carboxylic acids is 1. The lowest BCUT2D eigenvalue weighted by Gasteiger charge is -2.31. The Morgan fingerprint density at radius 1 is 1.27 bits per heavy atom. The number of piperidine rings is 1. The third-order valence-electron chi connectivity index (χ3n) is 5.28. The van der Waals surface area contributed by atoms with Crippen molar-refractivity contribution in [3.8, 4) is 0 Å². The van der Waals surface area contributed by atoms with Crippen LogP contribution in [-0.2, 0) is 5.41 Å². The van der Waals surface area contributed by atoms with Gasteiger partial charge >= 0.3 is 6.18 Å². The molecule has 2 rings (SSSR count). The molecule has 0 aromatic carbocycles. The summed E-state index contributed by atoms with van der Waals surface area (Å²) in [4.78, 5) is 13.0. The average molecular weight is 424 g/mol. The van der Waals surface area contributed by atoms with E-state index in [1.54, 1.807) is 13.0 Å². The molecule has 0 saturated carbocycles. The Morgan fingerprint density at radius 3 is 2.37 bits per heavy atom. The summed E-state index contributed by atoms with van der Waals surface area (Å²) in [6.45, 7) is 14.8. The lowest BCUT2D eigenvalue weighted by atomic mass is 9.91. The first-order valence-corrected chi connectivity index (χ1v) is 10.2. The number of carbonyl (C=O) groups is 1. The van der Waals surface area contributed by atoms with Crippen molar-refractivity contribution in [1.82, 2.24) is 15.2 Å². The first-order chi connectivity index (χ1) is 13.9. The molecule has 0 radical (unpaired) electrons. The number of halogens is 3. The molecule has 2 heterocycles. The van der Waals surface area contributed by atoms with Crippen LogP contribution in [0.25, 0.3) is 0 Å². The minimum atomic E-state index is -4.55. The first-order valence-electron chi connectivity index (χ1n) is 10.2. The molecule has 0 spiro atoms. The number of hydrogen-bond donors (Lipinski definition) is 2. The number of amides is 1. The highest BCUT2D eigenvalue weighted by atomic mass is 19.4. The van der Waals surface area contributed by atoms with Crippen LogP contribution in [-0.4, -0.2) is 29.7 Å². The summed E-state index contributed by atoms with van der Waals surface area (Å²) in [7, 11) is 0. The Kier molecular flexibility index (Phi) is 7.40. The van der Waals surface area contributed by atoms with Gasteiger partial charge in [0.1, 0.15) is 0 Å². The van der Waals surface area contributed by atoms with E-state index in [4.69, 9.17) is 0 Å². The van der Waals surface area contributed by atoms with Crippen LogP contribution in [0.1, 0.15) is 68.3 Å². The van der Waals surface area contributed by atoms with E-state index >= 15 is 0 Å². The van der Waals surface area contributed by atoms with E-state index in [1.165, 1.54) is 6.08 Å². The summed E-state index contributed by atoms with van der Waals surface area (Å²) in [6, 6.07) is 2.16. The van der Waals surface area contributed by atoms with E-state index in [1.807, 2.05) is 13.0 Å². The van der Waals surface area contributed by atoms with Crippen molar-refractivity contribution in [2.75, 3.05) is 13.1 Å². The highest BCUT2D eigenvalue weighted by Gasteiger charge is 2.31. The van der Waals surface area contributed by atoms with Crippen molar-refractivity contribution in [1.29, 1.82) is 0 Å². The maximum Gasteiger partial charge on any atom is 0.415 e. The second-order valence-electron chi connectivity index (χ2n) is 8.71. The summed E-state index contributed by atoms with van der Waals surface area (Å²) in [5, 5.41) is 5.98. The fraction of sp³-hybridized carbons (Fsp3) is 0.522. The summed E-state index contributed by atoms with van der Waals surface area (Å²) in [6.07, 6.45) is 1.23. The van der Waals surface area contributed by atoms with E-state index in [2.05, 4.69) is 42.6 Å². The van der Waals surface area contributed by atoms with E-state index in [9.17, 15) is 18.0 Å². The van der Waals surface area contributed by atoms with Gasteiger partial charge < -0.3 is 15.2 Å². The smallest absolute Gasteiger partial charge is 0.344 e. The second kappa shape index (κ2) is 9.25. The molecule has 7 heteroatoms. The molecule has 166 valence electrons. The van der Waals surface area contributed by atoms with Gasteiger partial charge in [0.15, 0.2) is 0 Å². The number of rotatable bonds is 5. The Bertz CT molecular complexity index is 848. The highest BCUT2D eigenvalue weighted by molar-refractivity contribution is 5.97. The molecular formula is C23H32F3N3O. The fourth-order valence-corrected chi connectivity index (χ4v) is 3.74.